The molecule has 0 bridgehead atoms. The summed E-state index contributed by atoms with van der Waals surface area (Å²) in [5.74, 6) is 0.317. The van der Waals surface area contributed by atoms with Gasteiger partial charge in [0.25, 0.3) is 0 Å². The molecule has 0 unspecified atom stereocenters. The van der Waals surface area contributed by atoms with E-state index in [9.17, 15) is 9.18 Å². The molecule has 146 valence electrons. The van der Waals surface area contributed by atoms with E-state index in [2.05, 4.69) is 15.2 Å². The van der Waals surface area contributed by atoms with Crippen molar-refractivity contribution in [2.24, 2.45) is 0 Å². The number of para-hydroxylation sites is 2. The molecular formula is C22H18ClFN4O. The predicted octanol–water partition coefficient (Wildman–Crippen LogP) is 5.32. The minimum absolute atomic E-state index is 0.0415. The quantitative estimate of drug-likeness (QED) is 0.469. The lowest BCUT2D eigenvalue weighted by Gasteiger charge is -2.11. The Morgan fingerprint density at radius 3 is 2.59 bits per heavy atom. The maximum atomic E-state index is 13.2. The van der Waals surface area contributed by atoms with E-state index in [0.717, 1.165) is 22.4 Å². The van der Waals surface area contributed by atoms with Gasteiger partial charge in [-0.25, -0.2) is 14.2 Å². The number of rotatable bonds is 5. The minimum Gasteiger partial charge on any atom is -0.336 e. The molecule has 0 saturated carbocycles. The molecule has 1 heterocycles. The van der Waals surface area contributed by atoms with Gasteiger partial charge in [0.15, 0.2) is 0 Å². The van der Waals surface area contributed by atoms with E-state index in [-0.39, 0.29) is 5.02 Å². The maximum absolute atomic E-state index is 13.2. The van der Waals surface area contributed by atoms with Gasteiger partial charge in [0.2, 0.25) is 0 Å². The fraction of sp³-hybridized carbons (Fsp3) is 0.0909. The molecule has 29 heavy (non-hydrogen) atoms. The monoisotopic (exact) mass is 408 g/mol. The van der Waals surface area contributed by atoms with Gasteiger partial charge in [-0.1, -0.05) is 54.1 Å². The molecule has 1 aromatic heterocycles. The van der Waals surface area contributed by atoms with Crippen LogP contribution in [0.5, 0.6) is 0 Å². The number of imidazole rings is 1. The molecule has 4 rings (SSSR count). The average Bonchev–Trinajstić information content (AvgIpc) is 3.10. The van der Waals surface area contributed by atoms with Crippen LogP contribution < -0.4 is 10.6 Å². The van der Waals surface area contributed by atoms with Gasteiger partial charge in [-0.05, 0) is 30.3 Å². The number of aromatic nitrogens is 2. The zero-order chi connectivity index (χ0) is 20.2. The lowest BCUT2D eigenvalue weighted by Crippen LogP contribution is -2.31. The first-order chi connectivity index (χ1) is 14.1. The van der Waals surface area contributed by atoms with Gasteiger partial charge >= 0.3 is 6.03 Å². The first kappa shape index (κ1) is 19.0. The van der Waals surface area contributed by atoms with Crippen molar-refractivity contribution in [1.82, 2.24) is 14.9 Å². The van der Waals surface area contributed by atoms with Crippen LogP contribution in [0.1, 0.15) is 0 Å². The van der Waals surface area contributed by atoms with Crippen LogP contribution in [0.15, 0.2) is 72.8 Å². The summed E-state index contributed by atoms with van der Waals surface area (Å²) in [5, 5.41) is 5.42. The minimum atomic E-state index is -0.530. The summed E-state index contributed by atoms with van der Waals surface area (Å²) in [5.41, 5.74) is 3.33. The van der Waals surface area contributed by atoms with Gasteiger partial charge < -0.3 is 15.2 Å². The van der Waals surface area contributed by atoms with E-state index in [4.69, 9.17) is 16.6 Å². The van der Waals surface area contributed by atoms with Crippen molar-refractivity contribution < 1.29 is 9.18 Å². The number of benzene rings is 3. The van der Waals surface area contributed by atoms with Gasteiger partial charge in [-0.15, -0.1) is 0 Å². The van der Waals surface area contributed by atoms with Crippen LogP contribution in [-0.2, 0) is 6.54 Å². The van der Waals surface area contributed by atoms with E-state index in [1.165, 1.54) is 18.2 Å². The first-order valence-corrected chi connectivity index (χ1v) is 9.50. The highest BCUT2D eigenvalue weighted by molar-refractivity contribution is 6.31. The number of hydrogen-bond acceptors (Lipinski definition) is 2. The Kier molecular flexibility index (Phi) is 5.44. The van der Waals surface area contributed by atoms with Crippen molar-refractivity contribution in [3.8, 4) is 11.4 Å². The second-order valence-corrected chi connectivity index (χ2v) is 6.86. The third-order valence-corrected chi connectivity index (χ3v) is 4.77. The van der Waals surface area contributed by atoms with Gasteiger partial charge in [-0.3, -0.25) is 0 Å². The van der Waals surface area contributed by atoms with Crippen molar-refractivity contribution in [3.63, 3.8) is 0 Å². The maximum Gasteiger partial charge on any atom is 0.319 e. The lowest BCUT2D eigenvalue weighted by atomic mass is 10.2. The summed E-state index contributed by atoms with van der Waals surface area (Å²) in [6.07, 6.45) is 0. The summed E-state index contributed by atoms with van der Waals surface area (Å²) < 4.78 is 15.3. The van der Waals surface area contributed by atoms with Crippen molar-refractivity contribution in [2.45, 2.75) is 6.54 Å². The topological polar surface area (TPSA) is 59.0 Å². The molecule has 0 aliphatic rings. The van der Waals surface area contributed by atoms with Crippen molar-refractivity contribution >= 4 is 34.4 Å². The number of urea groups is 1. The molecule has 0 radical (unpaired) electrons. The molecule has 2 N–H and O–H groups in total. The fourth-order valence-corrected chi connectivity index (χ4v) is 3.32. The molecule has 5 nitrogen and oxygen atoms in total. The normalized spacial score (nSPS) is 10.8. The number of hydrogen-bond donors (Lipinski definition) is 2. The summed E-state index contributed by atoms with van der Waals surface area (Å²) in [7, 11) is 0. The number of nitrogens with zero attached hydrogens (tertiary/aromatic N) is 2. The highest BCUT2D eigenvalue weighted by Crippen LogP contribution is 2.24. The molecule has 0 fully saturated rings. The number of nitrogens with one attached hydrogen (secondary N) is 2. The lowest BCUT2D eigenvalue weighted by molar-refractivity contribution is 0.251. The number of carbonyl (C=O) groups is 1. The fourth-order valence-electron chi connectivity index (χ4n) is 3.14. The van der Waals surface area contributed by atoms with Crippen LogP contribution in [0.3, 0.4) is 0 Å². The molecule has 0 aliphatic heterocycles. The Balaban J connectivity index is 1.48. The summed E-state index contributed by atoms with van der Waals surface area (Å²) in [6.45, 7) is 0.934. The second-order valence-electron chi connectivity index (χ2n) is 6.45. The molecule has 7 heteroatoms. The number of amides is 2. The summed E-state index contributed by atoms with van der Waals surface area (Å²) in [6, 6.07) is 21.5. The van der Waals surface area contributed by atoms with Crippen molar-refractivity contribution in [3.05, 3.63) is 83.6 Å². The standard InChI is InChI=1S/C22H18ClFN4O/c23-17-14-16(10-11-18(17)24)26-22(29)25-12-13-28-20-9-5-4-8-19(20)27-21(28)15-6-2-1-3-7-15/h1-11,14H,12-13H2,(H2,25,26,29). The Labute approximate surface area is 172 Å². The number of fused-ring (bicyclic) bond motifs is 1. The van der Waals surface area contributed by atoms with Crippen LogP contribution in [0, 0.1) is 5.82 Å². The molecule has 4 aromatic rings. The average molecular weight is 409 g/mol. The van der Waals surface area contributed by atoms with Crippen LogP contribution >= 0.6 is 11.6 Å². The van der Waals surface area contributed by atoms with E-state index in [0.29, 0.717) is 18.8 Å². The Morgan fingerprint density at radius 2 is 1.79 bits per heavy atom. The van der Waals surface area contributed by atoms with E-state index >= 15 is 0 Å². The van der Waals surface area contributed by atoms with E-state index < -0.39 is 11.8 Å². The highest BCUT2D eigenvalue weighted by atomic mass is 35.5. The third kappa shape index (κ3) is 4.22. The zero-order valence-electron chi connectivity index (χ0n) is 15.4. The third-order valence-electron chi connectivity index (χ3n) is 4.48. The van der Waals surface area contributed by atoms with Crippen LogP contribution in [0.2, 0.25) is 5.02 Å². The van der Waals surface area contributed by atoms with Crippen molar-refractivity contribution in [1.29, 1.82) is 0 Å². The highest BCUT2D eigenvalue weighted by Gasteiger charge is 2.12. The molecule has 0 saturated heterocycles. The molecular weight excluding hydrogens is 391 g/mol. The van der Waals surface area contributed by atoms with Gasteiger partial charge in [0, 0.05) is 24.3 Å². The van der Waals surface area contributed by atoms with Crippen molar-refractivity contribution in [2.75, 3.05) is 11.9 Å². The van der Waals surface area contributed by atoms with E-state index in [1.807, 2.05) is 54.6 Å². The van der Waals surface area contributed by atoms with E-state index in [1.54, 1.807) is 0 Å². The predicted molar refractivity (Wildman–Crippen MR) is 114 cm³/mol. The number of carbonyl (C=O) groups excluding carboxylic acids is 1. The van der Waals surface area contributed by atoms with Crippen LogP contribution in [0.25, 0.3) is 22.4 Å². The van der Waals surface area contributed by atoms with Gasteiger partial charge in [0.1, 0.15) is 11.6 Å². The molecule has 2 amide bonds. The van der Waals surface area contributed by atoms with Crippen LogP contribution in [-0.4, -0.2) is 22.1 Å². The Hall–Kier alpha value is -3.38. The smallest absolute Gasteiger partial charge is 0.319 e. The second kappa shape index (κ2) is 8.32. The summed E-state index contributed by atoms with van der Waals surface area (Å²) in [4.78, 5) is 16.9. The first-order valence-electron chi connectivity index (χ1n) is 9.12. The molecule has 3 aromatic carbocycles. The number of halogens is 2. The largest absolute Gasteiger partial charge is 0.336 e. The molecule has 0 atom stereocenters. The van der Waals surface area contributed by atoms with Gasteiger partial charge in [0.05, 0.1) is 16.1 Å². The van der Waals surface area contributed by atoms with Crippen LogP contribution in [0.4, 0.5) is 14.9 Å². The zero-order valence-corrected chi connectivity index (χ0v) is 16.2. The molecule has 0 aliphatic carbocycles. The van der Waals surface area contributed by atoms with Gasteiger partial charge in [-0.2, -0.15) is 0 Å². The Morgan fingerprint density at radius 1 is 1.03 bits per heavy atom. The molecule has 0 spiro atoms. The Bertz CT molecular complexity index is 1160. The number of anilines is 1. The summed E-state index contributed by atoms with van der Waals surface area (Å²) >= 11 is 5.74. The SMILES string of the molecule is O=C(NCCn1c(-c2ccccc2)nc2ccccc21)Nc1ccc(F)c(Cl)c1.